The molecule has 0 bridgehead atoms. The molecule has 1 fully saturated rings. The van der Waals surface area contributed by atoms with Crippen molar-refractivity contribution in [2.45, 2.75) is 19.4 Å². The number of nitrogens with zero attached hydrogens (tertiary/aromatic N) is 2. The smallest absolute Gasteiger partial charge is 0.312 e. The fraction of sp³-hybridized carbons (Fsp3) is 0.250. The lowest BCUT2D eigenvalue weighted by Gasteiger charge is -2.40. The Kier molecular flexibility index (Phi) is 5.02. The van der Waals surface area contributed by atoms with Crippen LogP contribution >= 0.6 is 0 Å². The Morgan fingerprint density at radius 2 is 1.73 bits per heavy atom. The summed E-state index contributed by atoms with van der Waals surface area (Å²) in [6.45, 7) is 2.14. The van der Waals surface area contributed by atoms with Crippen molar-refractivity contribution in [3.8, 4) is 0 Å². The molecule has 0 aromatic heterocycles. The highest BCUT2D eigenvalue weighted by atomic mass is 16.2. The SMILES string of the molecule is Cc1ccc(N2CC(Cc3ccccc3)N(C(=O)C(N)=O)CC2=O)cc1. The number of hydrogen-bond donors (Lipinski definition) is 1. The zero-order chi connectivity index (χ0) is 18.7. The van der Waals surface area contributed by atoms with Crippen molar-refractivity contribution in [2.75, 3.05) is 18.0 Å². The van der Waals surface area contributed by atoms with Gasteiger partial charge in [0, 0.05) is 12.2 Å². The first-order valence-corrected chi connectivity index (χ1v) is 8.47. The number of nitrogens with two attached hydrogens (primary N) is 1. The normalized spacial score (nSPS) is 17.3. The van der Waals surface area contributed by atoms with E-state index in [1.54, 1.807) is 4.90 Å². The maximum absolute atomic E-state index is 12.6. The molecule has 1 heterocycles. The Labute approximate surface area is 152 Å². The molecule has 3 rings (SSSR count). The summed E-state index contributed by atoms with van der Waals surface area (Å²) in [5, 5.41) is 0. The second kappa shape index (κ2) is 7.39. The lowest BCUT2D eigenvalue weighted by molar-refractivity contribution is -0.148. The van der Waals surface area contributed by atoms with Gasteiger partial charge in [-0.3, -0.25) is 14.4 Å². The minimum absolute atomic E-state index is 0.160. The highest BCUT2D eigenvalue weighted by Gasteiger charge is 2.37. The van der Waals surface area contributed by atoms with Crippen molar-refractivity contribution in [3.63, 3.8) is 0 Å². The molecule has 26 heavy (non-hydrogen) atoms. The number of piperazine rings is 1. The van der Waals surface area contributed by atoms with Crippen LogP contribution in [0.1, 0.15) is 11.1 Å². The Bertz CT molecular complexity index is 818. The number of anilines is 1. The number of carbonyl (C=O) groups is 3. The minimum atomic E-state index is -1.04. The first kappa shape index (κ1) is 17.7. The predicted octanol–water partition coefficient (Wildman–Crippen LogP) is 1.27. The Morgan fingerprint density at radius 1 is 1.08 bits per heavy atom. The van der Waals surface area contributed by atoms with E-state index in [0.29, 0.717) is 13.0 Å². The molecule has 6 heteroatoms. The fourth-order valence-electron chi connectivity index (χ4n) is 3.19. The second-order valence-corrected chi connectivity index (χ2v) is 6.48. The second-order valence-electron chi connectivity index (χ2n) is 6.48. The fourth-order valence-corrected chi connectivity index (χ4v) is 3.19. The third kappa shape index (κ3) is 3.74. The van der Waals surface area contributed by atoms with E-state index in [0.717, 1.165) is 16.8 Å². The van der Waals surface area contributed by atoms with Gasteiger partial charge in [-0.1, -0.05) is 48.0 Å². The number of hydrogen-bond acceptors (Lipinski definition) is 3. The van der Waals surface area contributed by atoms with Crippen LogP contribution in [0.3, 0.4) is 0 Å². The van der Waals surface area contributed by atoms with Crippen molar-refractivity contribution in [3.05, 3.63) is 65.7 Å². The zero-order valence-electron chi connectivity index (χ0n) is 14.6. The van der Waals surface area contributed by atoms with Gasteiger partial charge in [0.15, 0.2) is 0 Å². The molecule has 1 atom stereocenters. The monoisotopic (exact) mass is 351 g/mol. The Hall–Kier alpha value is -3.15. The highest BCUT2D eigenvalue weighted by molar-refractivity contribution is 6.34. The van der Waals surface area contributed by atoms with Crippen LogP contribution in [-0.2, 0) is 20.8 Å². The number of amides is 3. The number of benzene rings is 2. The average molecular weight is 351 g/mol. The molecule has 0 saturated carbocycles. The number of rotatable bonds is 3. The minimum Gasteiger partial charge on any atom is -0.361 e. The summed E-state index contributed by atoms with van der Waals surface area (Å²) in [6.07, 6.45) is 0.537. The third-order valence-electron chi connectivity index (χ3n) is 4.57. The Morgan fingerprint density at radius 3 is 2.35 bits per heavy atom. The summed E-state index contributed by atoms with van der Waals surface area (Å²) in [5.74, 6) is -2.09. The summed E-state index contributed by atoms with van der Waals surface area (Å²) in [5.41, 5.74) is 8.08. The predicted molar refractivity (Wildman–Crippen MR) is 98.4 cm³/mol. The van der Waals surface area contributed by atoms with Gasteiger partial charge in [0.25, 0.3) is 0 Å². The first-order valence-electron chi connectivity index (χ1n) is 8.47. The van der Waals surface area contributed by atoms with Crippen LogP contribution in [0.5, 0.6) is 0 Å². The van der Waals surface area contributed by atoms with Gasteiger partial charge in [0.1, 0.15) is 6.54 Å². The Balaban J connectivity index is 1.88. The number of aryl methyl sites for hydroxylation is 1. The largest absolute Gasteiger partial charge is 0.361 e. The van der Waals surface area contributed by atoms with Gasteiger partial charge in [-0.25, -0.2) is 0 Å². The lowest BCUT2D eigenvalue weighted by atomic mass is 10.0. The zero-order valence-corrected chi connectivity index (χ0v) is 14.6. The molecular formula is C20H21N3O3. The van der Waals surface area contributed by atoms with E-state index in [4.69, 9.17) is 5.73 Å². The molecule has 2 aromatic rings. The van der Waals surface area contributed by atoms with Crippen LogP contribution in [0.2, 0.25) is 0 Å². The van der Waals surface area contributed by atoms with E-state index in [1.165, 1.54) is 4.90 Å². The average Bonchev–Trinajstić information content (AvgIpc) is 2.64. The molecule has 2 N–H and O–H groups in total. The quantitative estimate of drug-likeness (QED) is 0.845. The third-order valence-corrected chi connectivity index (χ3v) is 4.57. The van der Waals surface area contributed by atoms with Gasteiger partial charge in [-0.15, -0.1) is 0 Å². The molecule has 134 valence electrons. The van der Waals surface area contributed by atoms with Gasteiger partial charge in [0.2, 0.25) is 5.91 Å². The van der Waals surface area contributed by atoms with Crippen molar-refractivity contribution in [1.29, 1.82) is 0 Å². The standard InChI is InChI=1S/C20H21N3O3/c1-14-7-9-16(10-8-14)22-12-17(11-15-5-3-2-4-6-15)23(13-18(22)24)20(26)19(21)25/h2-10,17H,11-13H2,1H3,(H2,21,25). The topological polar surface area (TPSA) is 83.7 Å². The van der Waals surface area contributed by atoms with Gasteiger partial charge in [-0.05, 0) is 31.0 Å². The maximum atomic E-state index is 12.6. The number of carbonyl (C=O) groups excluding carboxylic acids is 3. The summed E-state index contributed by atoms with van der Waals surface area (Å²) in [7, 11) is 0. The van der Waals surface area contributed by atoms with Crippen LogP contribution in [0.25, 0.3) is 0 Å². The van der Waals surface area contributed by atoms with Crippen LogP contribution < -0.4 is 10.6 Å². The van der Waals surface area contributed by atoms with E-state index >= 15 is 0 Å². The summed E-state index contributed by atoms with van der Waals surface area (Å²) in [6, 6.07) is 17.0. The molecule has 3 amide bonds. The molecule has 0 aliphatic carbocycles. The van der Waals surface area contributed by atoms with Gasteiger partial charge >= 0.3 is 11.8 Å². The van der Waals surface area contributed by atoms with Gasteiger partial charge < -0.3 is 15.5 Å². The van der Waals surface area contributed by atoms with Crippen molar-refractivity contribution >= 4 is 23.4 Å². The van der Waals surface area contributed by atoms with E-state index < -0.39 is 11.8 Å². The molecule has 0 spiro atoms. The van der Waals surface area contributed by atoms with Crippen LogP contribution in [-0.4, -0.2) is 41.8 Å². The molecule has 6 nitrogen and oxygen atoms in total. The van der Waals surface area contributed by atoms with Crippen LogP contribution in [0, 0.1) is 6.92 Å². The molecule has 0 radical (unpaired) electrons. The maximum Gasteiger partial charge on any atom is 0.312 e. The van der Waals surface area contributed by atoms with Gasteiger partial charge in [0.05, 0.1) is 6.04 Å². The van der Waals surface area contributed by atoms with E-state index in [2.05, 4.69) is 0 Å². The van der Waals surface area contributed by atoms with Crippen molar-refractivity contribution < 1.29 is 14.4 Å². The molecule has 1 saturated heterocycles. The van der Waals surface area contributed by atoms with E-state index in [1.807, 2.05) is 61.5 Å². The highest BCUT2D eigenvalue weighted by Crippen LogP contribution is 2.23. The van der Waals surface area contributed by atoms with Crippen molar-refractivity contribution in [2.24, 2.45) is 5.73 Å². The first-order chi connectivity index (χ1) is 12.5. The van der Waals surface area contributed by atoms with Crippen molar-refractivity contribution in [1.82, 2.24) is 4.90 Å². The molecule has 1 aliphatic rings. The molecule has 2 aromatic carbocycles. The summed E-state index contributed by atoms with van der Waals surface area (Å²) in [4.78, 5) is 39.2. The molecule has 1 unspecified atom stereocenters. The van der Waals surface area contributed by atoms with Crippen LogP contribution in [0.4, 0.5) is 5.69 Å². The van der Waals surface area contributed by atoms with Crippen LogP contribution in [0.15, 0.2) is 54.6 Å². The number of primary amides is 1. The summed E-state index contributed by atoms with van der Waals surface area (Å²) >= 11 is 0. The van der Waals surface area contributed by atoms with E-state index in [9.17, 15) is 14.4 Å². The molecular weight excluding hydrogens is 330 g/mol. The molecule has 1 aliphatic heterocycles. The summed E-state index contributed by atoms with van der Waals surface area (Å²) < 4.78 is 0. The van der Waals surface area contributed by atoms with Gasteiger partial charge in [-0.2, -0.15) is 0 Å². The van der Waals surface area contributed by atoms with E-state index in [-0.39, 0.29) is 18.5 Å². The lowest BCUT2D eigenvalue weighted by Crippen LogP contribution is -2.60.